The molecule has 0 aliphatic carbocycles. The van der Waals surface area contributed by atoms with Gasteiger partial charge in [-0.05, 0) is 13.0 Å². The van der Waals surface area contributed by atoms with Crippen molar-refractivity contribution in [3.63, 3.8) is 0 Å². The van der Waals surface area contributed by atoms with Gasteiger partial charge in [0.2, 0.25) is 0 Å². The van der Waals surface area contributed by atoms with Crippen LogP contribution in [0.3, 0.4) is 0 Å². The molecule has 0 saturated carbocycles. The normalized spacial score (nSPS) is 9.67. The molecule has 6 nitrogen and oxygen atoms in total. The van der Waals surface area contributed by atoms with E-state index >= 15 is 0 Å². The Kier molecular flexibility index (Phi) is 4.42. The number of nitrogens with one attached hydrogen (secondary N) is 1. The summed E-state index contributed by atoms with van der Waals surface area (Å²) < 4.78 is 4.98. The Balaban J connectivity index is 3.15. The van der Waals surface area contributed by atoms with E-state index in [4.69, 9.17) is 4.74 Å². The van der Waals surface area contributed by atoms with Gasteiger partial charge in [0.25, 0.3) is 11.6 Å². The van der Waals surface area contributed by atoms with Crippen molar-refractivity contribution >= 4 is 11.6 Å². The molecule has 1 aromatic rings. The zero-order valence-electron chi connectivity index (χ0n) is 10.2. The molecule has 0 fully saturated rings. The summed E-state index contributed by atoms with van der Waals surface area (Å²) in [5.74, 6) is -0.384. The van der Waals surface area contributed by atoms with Crippen LogP contribution < -0.4 is 10.1 Å². The van der Waals surface area contributed by atoms with Gasteiger partial charge in [-0.3, -0.25) is 14.9 Å². The van der Waals surface area contributed by atoms with Gasteiger partial charge in [-0.1, -0.05) is 18.2 Å². The third kappa shape index (κ3) is 3.07. The standard InChI is InChI=1S/C12H14N2O4/c1-8(2)7-13-12(15)11-9(14(16)17)5-4-6-10(11)18-3/h4-6H,1,7H2,2-3H3,(H,13,15). The smallest absolute Gasteiger partial charge is 0.285 e. The fourth-order valence-electron chi connectivity index (χ4n) is 1.39. The summed E-state index contributed by atoms with van der Waals surface area (Å²) in [6.45, 7) is 5.65. The third-order valence-electron chi connectivity index (χ3n) is 2.20. The van der Waals surface area contributed by atoms with E-state index in [0.717, 1.165) is 5.57 Å². The number of hydrogen-bond donors (Lipinski definition) is 1. The molecule has 96 valence electrons. The van der Waals surface area contributed by atoms with Gasteiger partial charge in [0.15, 0.2) is 5.56 Å². The molecule has 0 aromatic heterocycles. The highest BCUT2D eigenvalue weighted by Gasteiger charge is 2.24. The molecule has 6 heteroatoms. The lowest BCUT2D eigenvalue weighted by atomic mass is 10.1. The van der Waals surface area contributed by atoms with Crippen LogP contribution in [0.5, 0.6) is 5.75 Å². The Morgan fingerprint density at radius 3 is 2.72 bits per heavy atom. The number of nitrogens with zero attached hydrogens (tertiary/aromatic N) is 1. The van der Waals surface area contributed by atoms with Gasteiger partial charge < -0.3 is 10.1 Å². The number of amides is 1. The Morgan fingerprint density at radius 1 is 1.56 bits per heavy atom. The molecule has 0 unspecified atom stereocenters. The Labute approximate surface area is 104 Å². The van der Waals surface area contributed by atoms with Gasteiger partial charge in [0, 0.05) is 12.6 Å². The van der Waals surface area contributed by atoms with Crippen molar-refractivity contribution < 1.29 is 14.5 Å². The number of carbonyl (C=O) groups excluding carboxylic acids is 1. The van der Waals surface area contributed by atoms with Crippen molar-refractivity contribution in [2.75, 3.05) is 13.7 Å². The van der Waals surface area contributed by atoms with Crippen LogP contribution in [0, 0.1) is 10.1 Å². The number of rotatable bonds is 5. The van der Waals surface area contributed by atoms with Crippen LogP contribution in [-0.4, -0.2) is 24.5 Å². The number of carbonyl (C=O) groups is 1. The summed E-state index contributed by atoms with van der Waals surface area (Å²) in [7, 11) is 1.36. The van der Waals surface area contributed by atoms with Crippen LogP contribution in [0.2, 0.25) is 0 Å². The van der Waals surface area contributed by atoms with Crippen molar-refractivity contribution in [3.8, 4) is 5.75 Å². The highest BCUT2D eigenvalue weighted by Crippen LogP contribution is 2.27. The SMILES string of the molecule is C=C(C)CNC(=O)c1c(OC)cccc1[N+](=O)[O-]. The maximum absolute atomic E-state index is 11.9. The summed E-state index contributed by atoms with van der Waals surface area (Å²) in [5, 5.41) is 13.4. The van der Waals surface area contributed by atoms with Gasteiger partial charge in [-0.2, -0.15) is 0 Å². The Hall–Kier alpha value is -2.37. The average molecular weight is 250 g/mol. The first-order chi connectivity index (χ1) is 8.47. The van der Waals surface area contributed by atoms with E-state index in [0.29, 0.717) is 0 Å². The molecule has 0 radical (unpaired) electrons. The molecular formula is C12H14N2O4. The number of nitro groups is 1. The molecule has 18 heavy (non-hydrogen) atoms. The molecule has 1 rings (SSSR count). The zero-order valence-corrected chi connectivity index (χ0v) is 10.2. The second-order valence-electron chi connectivity index (χ2n) is 3.75. The van der Waals surface area contributed by atoms with Crippen LogP contribution in [0.25, 0.3) is 0 Å². The van der Waals surface area contributed by atoms with Gasteiger partial charge in [-0.15, -0.1) is 0 Å². The lowest BCUT2D eigenvalue weighted by Gasteiger charge is -2.09. The molecule has 1 aromatic carbocycles. The van der Waals surface area contributed by atoms with Crippen molar-refractivity contribution in [3.05, 3.63) is 46.0 Å². The molecule has 0 spiro atoms. The number of benzene rings is 1. The lowest BCUT2D eigenvalue weighted by Crippen LogP contribution is -2.26. The Bertz CT molecular complexity index is 497. The number of hydrogen-bond acceptors (Lipinski definition) is 4. The van der Waals surface area contributed by atoms with Gasteiger partial charge in [0.05, 0.1) is 12.0 Å². The van der Waals surface area contributed by atoms with Crippen molar-refractivity contribution in [2.24, 2.45) is 0 Å². The van der Waals surface area contributed by atoms with Crippen molar-refractivity contribution in [2.45, 2.75) is 6.92 Å². The maximum atomic E-state index is 11.9. The molecule has 0 bridgehead atoms. The van der Waals surface area contributed by atoms with E-state index in [1.165, 1.54) is 25.3 Å². The molecular weight excluding hydrogens is 236 g/mol. The van der Waals surface area contributed by atoms with E-state index in [9.17, 15) is 14.9 Å². The molecule has 1 N–H and O–H groups in total. The van der Waals surface area contributed by atoms with Gasteiger partial charge >= 0.3 is 0 Å². The average Bonchev–Trinajstić information content (AvgIpc) is 2.34. The molecule has 0 heterocycles. The van der Waals surface area contributed by atoms with E-state index in [-0.39, 0.29) is 23.5 Å². The summed E-state index contributed by atoms with van der Waals surface area (Å²) in [6, 6.07) is 4.23. The van der Waals surface area contributed by atoms with Gasteiger partial charge in [0.1, 0.15) is 5.75 Å². The zero-order chi connectivity index (χ0) is 13.7. The predicted octanol–water partition coefficient (Wildman–Crippen LogP) is 1.91. The molecule has 1 amide bonds. The molecule has 0 aliphatic heterocycles. The van der Waals surface area contributed by atoms with Crippen LogP contribution in [-0.2, 0) is 0 Å². The van der Waals surface area contributed by atoms with Crippen LogP contribution in [0.4, 0.5) is 5.69 Å². The van der Waals surface area contributed by atoms with E-state index in [2.05, 4.69) is 11.9 Å². The maximum Gasteiger partial charge on any atom is 0.285 e. The van der Waals surface area contributed by atoms with Gasteiger partial charge in [-0.25, -0.2) is 0 Å². The largest absolute Gasteiger partial charge is 0.496 e. The first-order valence-corrected chi connectivity index (χ1v) is 5.21. The van der Waals surface area contributed by atoms with Crippen molar-refractivity contribution in [1.29, 1.82) is 0 Å². The van der Waals surface area contributed by atoms with E-state index in [1.54, 1.807) is 6.92 Å². The quantitative estimate of drug-likeness (QED) is 0.491. The minimum absolute atomic E-state index is 0.0775. The fourth-order valence-corrected chi connectivity index (χ4v) is 1.39. The van der Waals surface area contributed by atoms with Crippen LogP contribution in [0.15, 0.2) is 30.4 Å². The van der Waals surface area contributed by atoms with Crippen LogP contribution >= 0.6 is 0 Å². The second kappa shape index (κ2) is 5.81. The number of nitro benzene ring substituents is 1. The predicted molar refractivity (Wildman–Crippen MR) is 66.8 cm³/mol. The minimum Gasteiger partial charge on any atom is -0.496 e. The Morgan fingerprint density at radius 2 is 2.22 bits per heavy atom. The number of methoxy groups -OCH3 is 1. The fraction of sp³-hybridized carbons (Fsp3) is 0.250. The number of ether oxygens (including phenoxy) is 1. The second-order valence-corrected chi connectivity index (χ2v) is 3.75. The molecule has 0 atom stereocenters. The van der Waals surface area contributed by atoms with Crippen molar-refractivity contribution in [1.82, 2.24) is 5.32 Å². The highest BCUT2D eigenvalue weighted by molar-refractivity contribution is 6.01. The summed E-state index contributed by atoms with van der Waals surface area (Å²) in [4.78, 5) is 22.2. The summed E-state index contributed by atoms with van der Waals surface area (Å²) in [6.07, 6.45) is 0. The summed E-state index contributed by atoms with van der Waals surface area (Å²) >= 11 is 0. The van der Waals surface area contributed by atoms with Crippen LogP contribution in [0.1, 0.15) is 17.3 Å². The molecule has 0 saturated heterocycles. The lowest BCUT2D eigenvalue weighted by molar-refractivity contribution is -0.385. The topological polar surface area (TPSA) is 81.5 Å². The monoisotopic (exact) mass is 250 g/mol. The van der Waals surface area contributed by atoms with E-state index in [1.807, 2.05) is 0 Å². The minimum atomic E-state index is -0.613. The molecule has 0 aliphatic rings. The summed E-state index contributed by atoms with van der Waals surface area (Å²) in [5.41, 5.74) is 0.390. The third-order valence-corrected chi connectivity index (χ3v) is 2.20. The first kappa shape index (κ1) is 13.7. The highest BCUT2D eigenvalue weighted by atomic mass is 16.6. The van der Waals surface area contributed by atoms with E-state index < -0.39 is 10.8 Å². The first-order valence-electron chi connectivity index (χ1n) is 5.21.